The Labute approximate surface area is 198 Å². The van der Waals surface area contributed by atoms with Gasteiger partial charge in [0, 0.05) is 18.8 Å². The molecule has 182 valence electrons. The highest BCUT2D eigenvalue weighted by atomic mass is 35.5. The van der Waals surface area contributed by atoms with Crippen LogP contribution in [0.3, 0.4) is 0 Å². The molecule has 11 heteroatoms. The summed E-state index contributed by atoms with van der Waals surface area (Å²) in [5.41, 5.74) is 7.92. The van der Waals surface area contributed by atoms with Gasteiger partial charge in [0.05, 0.1) is 11.1 Å². The third kappa shape index (κ3) is 5.39. The number of benzene rings is 2. The molecule has 0 aliphatic carbocycles. The molecule has 2 aromatic rings. The predicted molar refractivity (Wildman–Crippen MR) is 120 cm³/mol. The number of alkyl halides is 6. The van der Waals surface area contributed by atoms with Crippen molar-refractivity contribution in [3.8, 4) is 0 Å². The number of likely N-dealkylation sites (N-methyl/N-ethyl adjacent to an activating group) is 1. The summed E-state index contributed by atoms with van der Waals surface area (Å²) in [6, 6.07) is 9.01. The monoisotopic (exact) mass is 502 g/mol. The van der Waals surface area contributed by atoms with Crippen LogP contribution in [0.4, 0.5) is 26.3 Å². The summed E-state index contributed by atoms with van der Waals surface area (Å²) in [6.45, 7) is 0.995. The van der Waals surface area contributed by atoms with Crippen LogP contribution in [0.1, 0.15) is 28.3 Å². The lowest BCUT2D eigenvalue weighted by atomic mass is 9.89. The summed E-state index contributed by atoms with van der Waals surface area (Å²) < 4.78 is 77.4. The standard InChI is InChI=1S/C23H20F6N4.ClH/c1-33-11-15(10-13-2-6-16(7-3-13)22(24,25)26)20-18(12-33)19(31-21(30)32-20)14-4-8-17(9-5-14)23(27,28)29;/h2-10,19H,11-12H2,1H3,(H3,30,31,32);1H/b15-10+;. The van der Waals surface area contributed by atoms with E-state index < -0.39 is 29.5 Å². The molecule has 3 N–H and O–H groups in total. The van der Waals surface area contributed by atoms with Crippen LogP contribution in [0.5, 0.6) is 0 Å². The predicted octanol–water partition coefficient (Wildman–Crippen LogP) is 5.39. The maximum Gasteiger partial charge on any atom is 0.416 e. The number of guanidine groups is 1. The maximum atomic E-state index is 12.9. The van der Waals surface area contributed by atoms with Crippen LogP contribution in [-0.2, 0) is 12.4 Å². The van der Waals surface area contributed by atoms with Crippen molar-refractivity contribution in [2.75, 3.05) is 20.1 Å². The number of halogens is 7. The second-order valence-corrected chi connectivity index (χ2v) is 8.02. The lowest BCUT2D eigenvalue weighted by Crippen LogP contribution is -2.43. The molecule has 2 heterocycles. The van der Waals surface area contributed by atoms with Gasteiger partial charge in [0.15, 0.2) is 5.96 Å². The molecule has 0 aromatic heterocycles. The van der Waals surface area contributed by atoms with Gasteiger partial charge in [0.1, 0.15) is 6.04 Å². The molecule has 1 unspecified atom stereocenters. The Morgan fingerprint density at radius 1 is 0.912 bits per heavy atom. The van der Waals surface area contributed by atoms with Crippen LogP contribution >= 0.6 is 12.4 Å². The van der Waals surface area contributed by atoms with Gasteiger partial charge in [-0.05, 0) is 59.7 Å². The molecular weight excluding hydrogens is 482 g/mol. The van der Waals surface area contributed by atoms with Gasteiger partial charge >= 0.3 is 12.4 Å². The van der Waals surface area contributed by atoms with Gasteiger partial charge in [-0.25, -0.2) is 4.99 Å². The summed E-state index contributed by atoms with van der Waals surface area (Å²) in [5.74, 6) is 0.113. The normalized spacial score (nSPS) is 20.4. The summed E-state index contributed by atoms with van der Waals surface area (Å²) in [5, 5.41) is 3.03. The average molecular weight is 503 g/mol. The number of rotatable bonds is 2. The van der Waals surface area contributed by atoms with Crippen molar-refractivity contribution in [3.05, 3.63) is 87.6 Å². The third-order valence-corrected chi connectivity index (χ3v) is 5.51. The number of aliphatic imine (C=N–C) groups is 1. The fourth-order valence-corrected chi connectivity index (χ4v) is 3.98. The van der Waals surface area contributed by atoms with Crippen molar-refractivity contribution in [3.63, 3.8) is 0 Å². The van der Waals surface area contributed by atoms with Crippen molar-refractivity contribution < 1.29 is 26.3 Å². The second-order valence-electron chi connectivity index (χ2n) is 8.02. The minimum atomic E-state index is -4.44. The fourth-order valence-electron chi connectivity index (χ4n) is 3.98. The third-order valence-electron chi connectivity index (χ3n) is 5.51. The fraction of sp³-hybridized carbons (Fsp3) is 0.261. The van der Waals surface area contributed by atoms with E-state index in [0.717, 1.165) is 35.4 Å². The molecule has 0 saturated heterocycles. The second kappa shape index (κ2) is 9.34. The highest BCUT2D eigenvalue weighted by Gasteiger charge is 2.34. The van der Waals surface area contributed by atoms with Gasteiger partial charge in [-0.15, -0.1) is 12.4 Å². The van der Waals surface area contributed by atoms with E-state index in [1.54, 1.807) is 6.08 Å². The van der Waals surface area contributed by atoms with E-state index in [1.165, 1.54) is 24.3 Å². The van der Waals surface area contributed by atoms with Crippen LogP contribution in [0.25, 0.3) is 6.08 Å². The Morgan fingerprint density at radius 2 is 1.44 bits per heavy atom. The van der Waals surface area contributed by atoms with Crippen LogP contribution in [0.2, 0.25) is 0 Å². The number of nitrogens with zero attached hydrogens (tertiary/aromatic N) is 2. The summed E-state index contributed by atoms with van der Waals surface area (Å²) in [7, 11) is 1.87. The van der Waals surface area contributed by atoms with E-state index in [-0.39, 0.29) is 18.4 Å². The van der Waals surface area contributed by atoms with E-state index in [1.807, 2.05) is 11.9 Å². The Balaban J connectivity index is 0.00000324. The van der Waals surface area contributed by atoms with Gasteiger partial charge in [-0.1, -0.05) is 24.3 Å². The topological polar surface area (TPSA) is 53.6 Å². The number of hydrogen-bond acceptors (Lipinski definition) is 4. The average Bonchev–Trinajstić information content (AvgIpc) is 2.73. The SMILES string of the molecule is CN1CC2=C(NC(N)=NC2c2ccc(C(F)(F)F)cc2)/C(=C/c2ccc(C(F)(F)F)cc2)C1.Cl. The van der Waals surface area contributed by atoms with Crippen molar-refractivity contribution in [1.82, 2.24) is 10.2 Å². The molecule has 0 radical (unpaired) electrons. The first-order valence-electron chi connectivity index (χ1n) is 9.99. The molecule has 4 rings (SSSR count). The molecule has 0 saturated carbocycles. The summed E-state index contributed by atoms with van der Waals surface area (Å²) >= 11 is 0. The highest BCUT2D eigenvalue weighted by Crippen LogP contribution is 2.38. The number of nitrogens with two attached hydrogens (primary N) is 1. The first-order chi connectivity index (χ1) is 15.4. The van der Waals surface area contributed by atoms with Crippen molar-refractivity contribution >= 4 is 24.4 Å². The quantitative estimate of drug-likeness (QED) is 0.542. The van der Waals surface area contributed by atoms with E-state index in [0.29, 0.717) is 29.9 Å². The number of nitrogens with one attached hydrogen (secondary N) is 1. The van der Waals surface area contributed by atoms with E-state index in [4.69, 9.17) is 5.73 Å². The molecule has 0 amide bonds. The zero-order chi connectivity index (χ0) is 24.0. The molecule has 34 heavy (non-hydrogen) atoms. The largest absolute Gasteiger partial charge is 0.416 e. The van der Waals surface area contributed by atoms with Crippen LogP contribution in [-0.4, -0.2) is 31.0 Å². The van der Waals surface area contributed by atoms with Gasteiger partial charge in [-0.3, -0.25) is 4.90 Å². The Kier molecular flexibility index (Phi) is 7.05. The minimum Gasteiger partial charge on any atom is -0.370 e. The molecule has 2 aromatic carbocycles. The lowest BCUT2D eigenvalue weighted by molar-refractivity contribution is -0.138. The molecule has 2 aliphatic rings. The van der Waals surface area contributed by atoms with Crippen molar-refractivity contribution in [1.29, 1.82) is 0 Å². The van der Waals surface area contributed by atoms with E-state index >= 15 is 0 Å². The smallest absolute Gasteiger partial charge is 0.370 e. The molecule has 0 spiro atoms. The summed E-state index contributed by atoms with van der Waals surface area (Å²) in [6.07, 6.45) is -7.10. The first-order valence-corrected chi connectivity index (χ1v) is 9.99. The minimum absolute atomic E-state index is 0. The maximum absolute atomic E-state index is 12.9. The number of hydrogen-bond donors (Lipinski definition) is 2. The zero-order valence-corrected chi connectivity index (χ0v) is 18.7. The van der Waals surface area contributed by atoms with Gasteiger partial charge in [-0.2, -0.15) is 26.3 Å². The van der Waals surface area contributed by atoms with Crippen molar-refractivity contribution in [2.24, 2.45) is 10.7 Å². The van der Waals surface area contributed by atoms with E-state index in [9.17, 15) is 26.3 Å². The van der Waals surface area contributed by atoms with Gasteiger partial charge in [0.25, 0.3) is 0 Å². The van der Waals surface area contributed by atoms with Crippen molar-refractivity contribution in [2.45, 2.75) is 18.4 Å². The zero-order valence-electron chi connectivity index (χ0n) is 17.8. The molecule has 1 atom stereocenters. The molecule has 0 fully saturated rings. The molecule has 2 aliphatic heterocycles. The van der Waals surface area contributed by atoms with Gasteiger partial charge < -0.3 is 11.1 Å². The molecule has 0 bridgehead atoms. The first kappa shape index (κ1) is 25.6. The lowest BCUT2D eigenvalue weighted by Gasteiger charge is -2.36. The Hall–Kier alpha value is -2.98. The summed E-state index contributed by atoms with van der Waals surface area (Å²) in [4.78, 5) is 6.40. The Morgan fingerprint density at radius 3 is 1.97 bits per heavy atom. The van der Waals surface area contributed by atoms with E-state index in [2.05, 4.69) is 10.3 Å². The highest BCUT2D eigenvalue weighted by molar-refractivity contribution is 5.85. The van der Waals surface area contributed by atoms with Gasteiger partial charge in [0.2, 0.25) is 0 Å². The molecular formula is C23H21ClF6N4. The van der Waals surface area contributed by atoms with Crippen LogP contribution < -0.4 is 11.1 Å². The van der Waals surface area contributed by atoms with Crippen LogP contribution in [0, 0.1) is 0 Å². The van der Waals surface area contributed by atoms with Crippen LogP contribution in [0.15, 0.2) is 70.4 Å². The Bertz CT molecular complexity index is 1130. The molecule has 4 nitrogen and oxygen atoms in total.